The number of anilines is 1. The normalized spacial score (nSPS) is 23.7. The third-order valence-electron chi connectivity index (χ3n) is 10.5. The summed E-state index contributed by atoms with van der Waals surface area (Å²) in [5, 5.41) is 3.56. The van der Waals surface area contributed by atoms with Gasteiger partial charge in [-0.2, -0.15) is 0 Å². The molecule has 4 aliphatic carbocycles. The summed E-state index contributed by atoms with van der Waals surface area (Å²) in [5.74, 6) is 1.48. The van der Waals surface area contributed by atoms with Gasteiger partial charge in [-0.1, -0.05) is 71.7 Å². The summed E-state index contributed by atoms with van der Waals surface area (Å²) >= 11 is 13.1. The van der Waals surface area contributed by atoms with Gasteiger partial charge in [-0.15, -0.1) is 0 Å². The standard InChI is InChI=1S/C37H43Cl2N3O4S/c1-3-40-36(44)34(19-25-8-5-4-6-9-25)41(23-31-32(38)10-7-11-33(31)39)35(43)24-42(47(2,45)46)30-14-12-29(13-15-30)37-20-26-16-27(21-37)18-28(17-26)22-37/h4-15,26-28,34H,3,16-24H2,1-2H3,(H,40,44). The molecule has 4 aliphatic rings. The van der Waals surface area contributed by atoms with Crippen molar-refractivity contribution in [1.82, 2.24) is 10.2 Å². The fourth-order valence-electron chi connectivity index (χ4n) is 8.76. The van der Waals surface area contributed by atoms with E-state index in [0.717, 1.165) is 33.9 Å². The lowest BCUT2D eigenvalue weighted by molar-refractivity contribution is -0.140. The molecule has 3 aromatic carbocycles. The number of hydrogen-bond acceptors (Lipinski definition) is 4. The fraction of sp³-hybridized carbons (Fsp3) is 0.459. The lowest BCUT2D eigenvalue weighted by Crippen LogP contribution is -2.53. The first-order valence-corrected chi connectivity index (χ1v) is 19.2. The van der Waals surface area contributed by atoms with Gasteiger partial charge in [0.2, 0.25) is 21.8 Å². The summed E-state index contributed by atoms with van der Waals surface area (Å²) in [6, 6.07) is 21.4. The van der Waals surface area contributed by atoms with Crippen LogP contribution in [0.25, 0.3) is 0 Å². The van der Waals surface area contributed by atoms with Crippen LogP contribution in [0.1, 0.15) is 62.1 Å². The van der Waals surface area contributed by atoms with E-state index in [9.17, 15) is 18.0 Å². The van der Waals surface area contributed by atoms with E-state index in [-0.39, 0.29) is 24.3 Å². The maximum Gasteiger partial charge on any atom is 0.244 e. The molecule has 7 nitrogen and oxygen atoms in total. The number of amides is 2. The van der Waals surface area contributed by atoms with Crippen molar-refractivity contribution in [2.75, 3.05) is 23.7 Å². The summed E-state index contributed by atoms with van der Waals surface area (Å²) < 4.78 is 27.7. The largest absolute Gasteiger partial charge is 0.355 e. The van der Waals surface area contributed by atoms with Crippen LogP contribution in [-0.2, 0) is 38.0 Å². The predicted octanol–water partition coefficient (Wildman–Crippen LogP) is 7.00. The lowest BCUT2D eigenvalue weighted by atomic mass is 9.48. The topological polar surface area (TPSA) is 86.8 Å². The molecule has 4 saturated carbocycles. The van der Waals surface area contributed by atoms with Crippen LogP contribution in [0.3, 0.4) is 0 Å². The van der Waals surface area contributed by atoms with Crippen molar-refractivity contribution in [3.05, 3.63) is 99.5 Å². The molecule has 47 heavy (non-hydrogen) atoms. The van der Waals surface area contributed by atoms with E-state index in [4.69, 9.17) is 23.2 Å². The third-order valence-corrected chi connectivity index (χ3v) is 12.3. The number of nitrogens with zero attached hydrogens (tertiary/aromatic N) is 2. The molecule has 1 unspecified atom stereocenters. The number of nitrogens with one attached hydrogen (secondary N) is 1. The van der Waals surface area contributed by atoms with Crippen LogP contribution in [-0.4, -0.2) is 50.5 Å². The molecule has 0 aliphatic heterocycles. The van der Waals surface area contributed by atoms with Crippen molar-refractivity contribution in [1.29, 1.82) is 0 Å². The Morgan fingerprint density at radius 1 is 0.872 bits per heavy atom. The number of likely N-dealkylation sites (N-methyl/N-ethyl adjacent to an activating group) is 1. The molecule has 0 saturated heterocycles. The quantitative estimate of drug-likeness (QED) is 0.221. The second-order valence-corrected chi connectivity index (χ2v) is 16.6. The first kappa shape index (κ1) is 33.8. The van der Waals surface area contributed by atoms with E-state index in [2.05, 4.69) is 17.4 Å². The van der Waals surface area contributed by atoms with Crippen molar-refractivity contribution < 1.29 is 18.0 Å². The number of sulfonamides is 1. The van der Waals surface area contributed by atoms with Crippen molar-refractivity contribution in [3.63, 3.8) is 0 Å². The molecule has 0 aromatic heterocycles. The fourth-order valence-corrected chi connectivity index (χ4v) is 10.1. The Labute approximate surface area is 288 Å². The van der Waals surface area contributed by atoms with E-state index in [1.807, 2.05) is 49.4 Å². The van der Waals surface area contributed by atoms with E-state index in [0.29, 0.717) is 27.8 Å². The Hall–Kier alpha value is -3.07. The average molecular weight is 697 g/mol. The summed E-state index contributed by atoms with van der Waals surface area (Å²) in [6.45, 7) is 1.62. The number of carbonyl (C=O) groups is 2. The van der Waals surface area contributed by atoms with Gasteiger partial charge in [0.15, 0.2) is 0 Å². The Balaban J connectivity index is 1.32. The highest BCUT2D eigenvalue weighted by atomic mass is 35.5. The number of carbonyl (C=O) groups excluding carboxylic acids is 2. The number of rotatable bonds is 12. The molecule has 0 radical (unpaired) electrons. The van der Waals surface area contributed by atoms with Crippen molar-refractivity contribution in [2.24, 2.45) is 17.8 Å². The minimum atomic E-state index is -3.88. The molecule has 4 fully saturated rings. The van der Waals surface area contributed by atoms with Gasteiger partial charge in [0.1, 0.15) is 12.6 Å². The molecular formula is C37H43Cl2N3O4S. The van der Waals surface area contributed by atoms with Crippen LogP contribution in [0.2, 0.25) is 10.0 Å². The summed E-state index contributed by atoms with van der Waals surface area (Å²) in [4.78, 5) is 29.4. The predicted molar refractivity (Wildman–Crippen MR) is 188 cm³/mol. The molecule has 4 bridgehead atoms. The zero-order valence-electron chi connectivity index (χ0n) is 27.0. The molecule has 1 atom stereocenters. The van der Waals surface area contributed by atoms with Gasteiger partial charge in [0.25, 0.3) is 0 Å². The average Bonchev–Trinajstić information content (AvgIpc) is 3.02. The molecule has 0 spiro atoms. The first-order chi connectivity index (χ1) is 22.5. The zero-order valence-corrected chi connectivity index (χ0v) is 29.3. The summed E-state index contributed by atoms with van der Waals surface area (Å²) in [5.41, 5.74) is 3.20. The highest BCUT2D eigenvalue weighted by Crippen LogP contribution is 2.60. The molecule has 3 aromatic rings. The third kappa shape index (κ3) is 7.35. The Morgan fingerprint density at radius 2 is 1.45 bits per heavy atom. The first-order valence-electron chi connectivity index (χ1n) is 16.6. The second kappa shape index (κ2) is 13.8. The Bertz CT molecular complexity index is 1660. The second-order valence-electron chi connectivity index (χ2n) is 13.8. The molecule has 10 heteroatoms. The smallest absolute Gasteiger partial charge is 0.244 e. The van der Waals surface area contributed by atoms with Gasteiger partial charge in [-0.3, -0.25) is 13.9 Å². The molecule has 250 valence electrons. The summed E-state index contributed by atoms with van der Waals surface area (Å²) in [6.07, 6.45) is 8.97. The highest BCUT2D eigenvalue weighted by Gasteiger charge is 2.51. The van der Waals surface area contributed by atoms with Gasteiger partial charge in [0.05, 0.1) is 11.9 Å². The van der Waals surface area contributed by atoms with Crippen molar-refractivity contribution in [3.8, 4) is 0 Å². The minimum absolute atomic E-state index is 0.0749. The van der Waals surface area contributed by atoms with E-state index in [1.54, 1.807) is 18.2 Å². The zero-order chi connectivity index (χ0) is 33.3. The molecule has 0 heterocycles. The Kier molecular flexibility index (Phi) is 9.94. The van der Waals surface area contributed by atoms with Crippen LogP contribution in [0, 0.1) is 17.8 Å². The van der Waals surface area contributed by atoms with Gasteiger partial charge in [-0.25, -0.2) is 8.42 Å². The van der Waals surface area contributed by atoms with E-state index in [1.165, 1.54) is 49.0 Å². The summed E-state index contributed by atoms with van der Waals surface area (Å²) in [7, 11) is -3.88. The van der Waals surface area contributed by atoms with Gasteiger partial charge < -0.3 is 10.2 Å². The van der Waals surface area contributed by atoms with Crippen molar-refractivity contribution >= 4 is 50.7 Å². The van der Waals surface area contributed by atoms with Crippen LogP contribution in [0.15, 0.2) is 72.8 Å². The van der Waals surface area contributed by atoms with E-state index >= 15 is 0 Å². The van der Waals surface area contributed by atoms with Gasteiger partial charge in [0, 0.05) is 35.1 Å². The van der Waals surface area contributed by atoms with Gasteiger partial charge in [-0.05, 0) is 104 Å². The lowest BCUT2D eigenvalue weighted by Gasteiger charge is -2.57. The number of hydrogen-bond donors (Lipinski definition) is 1. The molecule has 7 rings (SSSR count). The number of benzene rings is 3. The Morgan fingerprint density at radius 3 is 1.98 bits per heavy atom. The molecule has 2 amide bonds. The molecular weight excluding hydrogens is 653 g/mol. The SMILES string of the molecule is CCNC(=O)C(Cc1ccccc1)N(Cc1c(Cl)cccc1Cl)C(=O)CN(c1ccc(C23CC4CC(CC(C4)C2)C3)cc1)S(C)(=O)=O. The minimum Gasteiger partial charge on any atom is -0.355 e. The van der Waals surface area contributed by atoms with Crippen LogP contribution in [0.4, 0.5) is 5.69 Å². The highest BCUT2D eigenvalue weighted by molar-refractivity contribution is 7.92. The van der Waals surface area contributed by atoms with Gasteiger partial charge >= 0.3 is 0 Å². The maximum atomic E-state index is 14.4. The number of halogens is 2. The monoisotopic (exact) mass is 695 g/mol. The van der Waals surface area contributed by atoms with Crippen LogP contribution in [0.5, 0.6) is 0 Å². The van der Waals surface area contributed by atoms with Crippen LogP contribution >= 0.6 is 23.2 Å². The van der Waals surface area contributed by atoms with Crippen molar-refractivity contribution in [2.45, 2.75) is 69.9 Å². The maximum absolute atomic E-state index is 14.4. The van der Waals surface area contributed by atoms with E-state index < -0.39 is 28.5 Å². The molecule has 1 N–H and O–H groups in total. The van der Waals surface area contributed by atoms with Crippen LogP contribution < -0.4 is 9.62 Å².